The van der Waals surface area contributed by atoms with Crippen LogP contribution in [0.25, 0.3) is 0 Å². The summed E-state index contributed by atoms with van der Waals surface area (Å²) in [5.74, 6) is 0.126. The predicted octanol–water partition coefficient (Wildman–Crippen LogP) is 2.00. The first-order valence-electron chi connectivity index (χ1n) is 4.33. The number of hydrogen-bond acceptors (Lipinski definition) is 2. The lowest BCUT2D eigenvalue weighted by atomic mass is 10.1. The molecule has 1 unspecified atom stereocenters. The van der Waals surface area contributed by atoms with E-state index >= 15 is 0 Å². The van der Waals surface area contributed by atoms with E-state index in [0.29, 0.717) is 17.5 Å². The zero-order valence-corrected chi connectivity index (χ0v) is 8.71. The van der Waals surface area contributed by atoms with E-state index in [0.717, 1.165) is 0 Å². The molecule has 1 atom stereocenters. The van der Waals surface area contributed by atoms with Gasteiger partial charge in [0, 0.05) is 12.0 Å². The van der Waals surface area contributed by atoms with Gasteiger partial charge < -0.3 is 4.55 Å². The van der Waals surface area contributed by atoms with Crippen LogP contribution in [0.15, 0.2) is 24.3 Å². The van der Waals surface area contributed by atoms with E-state index in [-0.39, 0.29) is 11.5 Å². The molecule has 0 radical (unpaired) electrons. The van der Waals surface area contributed by atoms with Crippen LogP contribution in [-0.4, -0.2) is 14.5 Å². The molecular formula is C10H12O3S. The summed E-state index contributed by atoms with van der Waals surface area (Å²) >= 11 is -1.85. The molecule has 0 aliphatic rings. The number of rotatable bonds is 4. The topological polar surface area (TPSA) is 54.4 Å². The van der Waals surface area contributed by atoms with E-state index in [1.165, 1.54) is 0 Å². The van der Waals surface area contributed by atoms with Gasteiger partial charge in [0.2, 0.25) is 0 Å². The maximum absolute atomic E-state index is 11.3. The molecule has 4 heteroatoms. The van der Waals surface area contributed by atoms with Gasteiger partial charge in [-0.1, -0.05) is 25.1 Å². The first-order chi connectivity index (χ1) is 6.63. The highest BCUT2D eigenvalue weighted by molar-refractivity contribution is 7.78. The van der Waals surface area contributed by atoms with Gasteiger partial charge in [0.15, 0.2) is 16.9 Å². The fourth-order valence-corrected chi connectivity index (χ4v) is 1.65. The molecule has 1 rings (SSSR count). The van der Waals surface area contributed by atoms with Gasteiger partial charge in [0.25, 0.3) is 0 Å². The Morgan fingerprint density at radius 3 is 2.79 bits per heavy atom. The van der Waals surface area contributed by atoms with Gasteiger partial charge in [-0.15, -0.1) is 0 Å². The Morgan fingerprint density at radius 1 is 1.50 bits per heavy atom. The van der Waals surface area contributed by atoms with Crippen molar-refractivity contribution in [2.75, 3.05) is 0 Å². The van der Waals surface area contributed by atoms with Crippen LogP contribution in [0.5, 0.6) is 0 Å². The van der Waals surface area contributed by atoms with Gasteiger partial charge in [-0.25, -0.2) is 4.21 Å². The van der Waals surface area contributed by atoms with Crippen molar-refractivity contribution < 1.29 is 13.6 Å². The fourth-order valence-electron chi connectivity index (χ4n) is 1.18. The molecule has 1 aromatic rings. The van der Waals surface area contributed by atoms with Crippen molar-refractivity contribution in [1.82, 2.24) is 0 Å². The van der Waals surface area contributed by atoms with Crippen molar-refractivity contribution in [3.05, 3.63) is 35.4 Å². The minimum Gasteiger partial charge on any atom is -0.306 e. The van der Waals surface area contributed by atoms with Crippen LogP contribution in [0.3, 0.4) is 0 Å². The summed E-state index contributed by atoms with van der Waals surface area (Å²) in [6.45, 7) is 1.79. The molecule has 1 aromatic carbocycles. The molecule has 3 nitrogen and oxygen atoms in total. The predicted molar refractivity (Wildman–Crippen MR) is 55.5 cm³/mol. The Morgan fingerprint density at radius 2 is 2.21 bits per heavy atom. The Kier molecular flexibility index (Phi) is 3.98. The number of carbonyl (C=O) groups is 1. The van der Waals surface area contributed by atoms with E-state index in [4.69, 9.17) is 4.55 Å². The van der Waals surface area contributed by atoms with E-state index in [1.807, 2.05) is 0 Å². The molecule has 76 valence electrons. The average molecular weight is 212 g/mol. The second kappa shape index (κ2) is 5.02. The van der Waals surface area contributed by atoms with Crippen LogP contribution in [0, 0.1) is 0 Å². The Labute approximate surface area is 85.4 Å². The van der Waals surface area contributed by atoms with Gasteiger partial charge in [0.05, 0.1) is 5.75 Å². The highest BCUT2D eigenvalue weighted by Gasteiger charge is 2.04. The maximum Gasteiger partial charge on any atom is 0.162 e. The van der Waals surface area contributed by atoms with Crippen LogP contribution in [0.2, 0.25) is 0 Å². The van der Waals surface area contributed by atoms with Crippen LogP contribution in [0.4, 0.5) is 0 Å². The second-order valence-corrected chi connectivity index (χ2v) is 3.87. The molecule has 0 saturated heterocycles. The van der Waals surface area contributed by atoms with Crippen LogP contribution >= 0.6 is 0 Å². The van der Waals surface area contributed by atoms with Gasteiger partial charge >= 0.3 is 0 Å². The van der Waals surface area contributed by atoms with Gasteiger partial charge in [-0.3, -0.25) is 4.79 Å². The van der Waals surface area contributed by atoms with Crippen molar-refractivity contribution in [1.29, 1.82) is 0 Å². The van der Waals surface area contributed by atoms with E-state index < -0.39 is 11.1 Å². The van der Waals surface area contributed by atoms with Crippen molar-refractivity contribution in [2.45, 2.75) is 19.1 Å². The molecule has 0 bridgehead atoms. The van der Waals surface area contributed by atoms with E-state index in [2.05, 4.69) is 0 Å². The minimum absolute atomic E-state index is 0.0515. The first-order valence-corrected chi connectivity index (χ1v) is 5.60. The number of benzene rings is 1. The fraction of sp³-hybridized carbons (Fsp3) is 0.300. The van der Waals surface area contributed by atoms with E-state index in [9.17, 15) is 9.00 Å². The largest absolute Gasteiger partial charge is 0.306 e. The van der Waals surface area contributed by atoms with Crippen molar-refractivity contribution in [3.8, 4) is 0 Å². The molecule has 0 heterocycles. The number of carbonyl (C=O) groups excluding carboxylic acids is 1. The second-order valence-electron chi connectivity index (χ2n) is 2.94. The number of Topliss-reactive ketones (excluding diaryl/α,β-unsaturated/α-hetero) is 1. The van der Waals surface area contributed by atoms with Crippen LogP contribution in [-0.2, 0) is 16.8 Å². The summed E-state index contributed by atoms with van der Waals surface area (Å²) in [7, 11) is 0. The van der Waals surface area contributed by atoms with Crippen LogP contribution < -0.4 is 0 Å². The van der Waals surface area contributed by atoms with Crippen LogP contribution in [0.1, 0.15) is 29.3 Å². The Bertz CT molecular complexity index is 360. The molecule has 0 aromatic heterocycles. The summed E-state index contributed by atoms with van der Waals surface area (Å²) in [5.41, 5.74) is 1.32. The average Bonchev–Trinajstić information content (AvgIpc) is 2.16. The van der Waals surface area contributed by atoms with Gasteiger partial charge in [-0.05, 0) is 11.6 Å². The summed E-state index contributed by atoms with van der Waals surface area (Å²) in [6, 6.07) is 6.85. The molecule has 0 spiro atoms. The maximum atomic E-state index is 11.3. The van der Waals surface area contributed by atoms with Crippen molar-refractivity contribution in [3.63, 3.8) is 0 Å². The van der Waals surface area contributed by atoms with Crippen molar-refractivity contribution >= 4 is 16.9 Å². The molecule has 0 aliphatic carbocycles. The molecule has 0 fully saturated rings. The molecular weight excluding hydrogens is 200 g/mol. The van der Waals surface area contributed by atoms with E-state index in [1.54, 1.807) is 31.2 Å². The summed E-state index contributed by atoms with van der Waals surface area (Å²) < 4.78 is 19.2. The lowest BCUT2D eigenvalue weighted by Crippen LogP contribution is -1.99. The minimum atomic E-state index is -1.85. The lowest BCUT2D eigenvalue weighted by Gasteiger charge is -2.01. The number of hydrogen-bond donors (Lipinski definition) is 1. The monoisotopic (exact) mass is 212 g/mol. The SMILES string of the molecule is CCC(=O)c1cccc(CS(=O)O)c1. The molecule has 0 saturated carbocycles. The summed E-state index contributed by atoms with van der Waals surface area (Å²) in [6.07, 6.45) is 0.450. The van der Waals surface area contributed by atoms with Crippen molar-refractivity contribution in [2.24, 2.45) is 0 Å². The zero-order valence-electron chi connectivity index (χ0n) is 7.90. The van der Waals surface area contributed by atoms with Gasteiger partial charge in [0.1, 0.15) is 0 Å². The van der Waals surface area contributed by atoms with Gasteiger partial charge in [-0.2, -0.15) is 0 Å². The third-order valence-corrected chi connectivity index (χ3v) is 2.44. The number of ketones is 1. The molecule has 14 heavy (non-hydrogen) atoms. The Hall–Kier alpha value is -1.00. The normalized spacial score (nSPS) is 12.4. The summed E-state index contributed by atoms with van der Waals surface area (Å²) in [5, 5.41) is 0. The molecule has 0 aliphatic heterocycles. The zero-order chi connectivity index (χ0) is 10.6. The summed E-state index contributed by atoms with van der Waals surface area (Å²) in [4.78, 5) is 11.3. The first kappa shape index (κ1) is 11.1. The molecule has 0 amide bonds. The highest BCUT2D eigenvalue weighted by atomic mass is 32.2. The lowest BCUT2D eigenvalue weighted by molar-refractivity contribution is 0.0988. The Balaban J connectivity index is 2.89. The standard InChI is InChI=1S/C10H12O3S/c1-2-10(11)9-5-3-4-8(6-9)7-14(12)13/h3-6H,2,7H2,1H3,(H,12,13). The molecule has 1 N–H and O–H groups in total. The third kappa shape index (κ3) is 3.05. The smallest absolute Gasteiger partial charge is 0.162 e. The third-order valence-electron chi connectivity index (χ3n) is 1.86. The quantitative estimate of drug-likeness (QED) is 0.613. The highest BCUT2D eigenvalue weighted by Crippen LogP contribution is 2.09.